The van der Waals surface area contributed by atoms with E-state index in [0.29, 0.717) is 31.4 Å². The number of nitrogens with zero attached hydrogens (tertiary/aromatic N) is 1. The number of hydrogen-bond acceptors (Lipinski definition) is 3. The molecule has 0 saturated carbocycles. The third kappa shape index (κ3) is 4.80. The van der Waals surface area contributed by atoms with Crippen LogP contribution in [0.1, 0.15) is 24.0 Å². The van der Waals surface area contributed by atoms with Gasteiger partial charge in [0.05, 0.1) is 5.56 Å². The van der Waals surface area contributed by atoms with Gasteiger partial charge in [0.1, 0.15) is 5.92 Å². The monoisotopic (exact) mass is 356 g/mol. The van der Waals surface area contributed by atoms with Gasteiger partial charge in [0, 0.05) is 20.1 Å². The van der Waals surface area contributed by atoms with Gasteiger partial charge in [-0.15, -0.1) is 0 Å². The Kier molecular flexibility index (Phi) is 5.81. The van der Waals surface area contributed by atoms with Crippen molar-refractivity contribution < 1.29 is 27.6 Å². The van der Waals surface area contributed by atoms with Crippen molar-refractivity contribution in [1.29, 1.82) is 0 Å². The maximum Gasteiger partial charge on any atom is 0.416 e. The van der Waals surface area contributed by atoms with E-state index >= 15 is 0 Å². The van der Waals surface area contributed by atoms with Crippen LogP contribution in [0.2, 0.25) is 0 Å². The van der Waals surface area contributed by atoms with Gasteiger partial charge in [-0.25, -0.2) is 0 Å². The molecular weight excluding hydrogens is 337 g/mol. The molecule has 0 radical (unpaired) electrons. The van der Waals surface area contributed by atoms with Gasteiger partial charge >= 0.3 is 6.18 Å². The van der Waals surface area contributed by atoms with Crippen LogP contribution >= 0.6 is 0 Å². The van der Waals surface area contributed by atoms with E-state index in [1.807, 2.05) is 0 Å². The van der Waals surface area contributed by atoms with Crippen LogP contribution in [0.5, 0.6) is 0 Å². The van der Waals surface area contributed by atoms with Gasteiger partial charge in [0.25, 0.3) is 5.91 Å². The van der Waals surface area contributed by atoms with E-state index in [1.54, 1.807) is 6.07 Å². The first kappa shape index (κ1) is 19.0. The fraction of sp³-hybridized carbons (Fsp3) is 0.471. The molecule has 2 amide bonds. The zero-order chi connectivity index (χ0) is 18.6. The van der Waals surface area contributed by atoms with Crippen LogP contribution in [0.4, 0.5) is 13.2 Å². The summed E-state index contributed by atoms with van der Waals surface area (Å²) in [6.07, 6.45) is -2.74. The first-order valence-corrected chi connectivity index (χ1v) is 7.93. The van der Waals surface area contributed by atoms with E-state index in [0.717, 1.165) is 12.1 Å². The minimum atomic E-state index is -4.36. The van der Waals surface area contributed by atoms with Crippen molar-refractivity contribution in [3.8, 4) is 0 Å². The normalized spacial score (nSPS) is 17.9. The van der Waals surface area contributed by atoms with Gasteiger partial charge < -0.3 is 10.2 Å². The zero-order valence-corrected chi connectivity index (χ0v) is 13.7. The standard InChI is InChI=1S/C17H19F3N2O3/c1-22-10-13(14(23)16(22)25)15(24)21-8-3-2-5-11-6-4-7-12(9-11)17(18,19)20/h4,6-7,9,13H,2-3,5,8,10H2,1H3,(H,21,24). The van der Waals surface area contributed by atoms with Crippen LogP contribution in [-0.4, -0.2) is 42.6 Å². The summed E-state index contributed by atoms with van der Waals surface area (Å²) >= 11 is 0. The number of aryl methyl sites for hydroxylation is 1. The molecule has 1 saturated heterocycles. The highest BCUT2D eigenvalue weighted by Crippen LogP contribution is 2.29. The van der Waals surface area contributed by atoms with E-state index in [2.05, 4.69) is 5.32 Å². The summed E-state index contributed by atoms with van der Waals surface area (Å²) in [5.41, 5.74) is -0.0915. The summed E-state index contributed by atoms with van der Waals surface area (Å²) in [5, 5.41) is 2.60. The number of amides is 2. The molecule has 1 aromatic carbocycles. The van der Waals surface area contributed by atoms with Gasteiger partial charge in [0.15, 0.2) is 0 Å². The number of carbonyl (C=O) groups excluding carboxylic acids is 3. The lowest BCUT2D eigenvalue weighted by Gasteiger charge is -2.10. The van der Waals surface area contributed by atoms with Gasteiger partial charge in [-0.3, -0.25) is 14.4 Å². The molecule has 2 rings (SSSR count). The van der Waals surface area contributed by atoms with Crippen molar-refractivity contribution in [1.82, 2.24) is 10.2 Å². The Morgan fingerprint density at radius 2 is 2.00 bits per heavy atom. The zero-order valence-electron chi connectivity index (χ0n) is 13.7. The molecule has 1 aromatic rings. The van der Waals surface area contributed by atoms with Gasteiger partial charge in [-0.2, -0.15) is 13.2 Å². The van der Waals surface area contributed by atoms with E-state index in [1.165, 1.54) is 18.0 Å². The SMILES string of the molecule is CN1CC(C(=O)NCCCCc2cccc(C(F)(F)F)c2)C(=O)C1=O. The Hall–Kier alpha value is -2.38. The molecule has 8 heteroatoms. The number of benzene rings is 1. The number of likely N-dealkylation sites (tertiary alicyclic amines) is 1. The molecule has 1 heterocycles. The molecular formula is C17H19F3N2O3. The van der Waals surface area contributed by atoms with Gasteiger partial charge in [-0.1, -0.05) is 18.2 Å². The number of Topliss-reactive ketones (excluding diaryl/α,β-unsaturated/α-hetero) is 1. The van der Waals surface area contributed by atoms with Crippen molar-refractivity contribution >= 4 is 17.6 Å². The predicted molar refractivity (Wildman–Crippen MR) is 83.5 cm³/mol. The van der Waals surface area contributed by atoms with Gasteiger partial charge in [0.2, 0.25) is 11.7 Å². The number of ketones is 1. The average Bonchev–Trinajstić information content (AvgIpc) is 2.81. The first-order chi connectivity index (χ1) is 11.7. The van der Waals surface area contributed by atoms with E-state index in [-0.39, 0.29) is 6.54 Å². The molecule has 0 aromatic heterocycles. The quantitative estimate of drug-likeness (QED) is 0.480. The molecule has 25 heavy (non-hydrogen) atoms. The van der Waals surface area contributed by atoms with E-state index in [4.69, 9.17) is 0 Å². The third-order valence-corrected chi connectivity index (χ3v) is 4.09. The fourth-order valence-corrected chi connectivity index (χ4v) is 2.67. The molecule has 1 aliphatic heterocycles. The smallest absolute Gasteiger partial charge is 0.355 e. The summed E-state index contributed by atoms with van der Waals surface area (Å²) in [7, 11) is 1.46. The number of hydrogen-bond donors (Lipinski definition) is 1. The Bertz CT molecular complexity index is 673. The molecule has 1 aliphatic rings. The Morgan fingerprint density at radius 1 is 1.28 bits per heavy atom. The topological polar surface area (TPSA) is 66.5 Å². The van der Waals surface area contributed by atoms with Crippen LogP contribution < -0.4 is 5.32 Å². The van der Waals surface area contributed by atoms with Crippen molar-refractivity contribution in [3.05, 3.63) is 35.4 Å². The Morgan fingerprint density at radius 3 is 2.60 bits per heavy atom. The minimum absolute atomic E-state index is 0.0771. The second-order valence-corrected chi connectivity index (χ2v) is 6.05. The lowest BCUT2D eigenvalue weighted by molar-refractivity contribution is -0.142. The fourth-order valence-electron chi connectivity index (χ4n) is 2.67. The Labute approximate surface area is 143 Å². The molecule has 1 unspecified atom stereocenters. The largest absolute Gasteiger partial charge is 0.416 e. The number of rotatable bonds is 6. The van der Waals surface area contributed by atoms with Crippen molar-refractivity contribution in [3.63, 3.8) is 0 Å². The lowest BCUT2D eigenvalue weighted by atomic mass is 10.0. The van der Waals surface area contributed by atoms with Crippen LogP contribution in [0, 0.1) is 5.92 Å². The van der Waals surface area contributed by atoms with Crippen molar-refractivity contribution in [2.24, 2.45) is 5.92 Å². The Balaban J connectivity index is 1.73. The van der Waals surface area contributed by atoms with Crippen LogP contribution in [-0.2, 0) is 27.0 Å². The summed E-state index contributed by atoms with van der Waals surface area (Å²) < 4.78 is 37.9. The van der Waals surface area contributed by atoms with Crippen LogP contribution in [0.25, 0.3) is 0 Å². The molecule has 0 aliphatic carbocycles. The number of alkyl halides is 3. The molecule has 1 atom stereocenters. The lowest BCUT2D eigenvalue weighted by Crippen LogP contribution is -2.36. The van der Waals surface area contributed by atoms with Crippen molar-refractivity contribution in [2.45, 2.75) is 25.4 Å². The molecule has 136 valence electrons. The molecule has 1 N–H and O–H groups in total. The van der Waals surface area contributed by atoms with Gasteiger partial charge in [-0.05, 0) is 30.9 Å². The van der Waals surface area contributed by atoms with Crippen LogP contribution in [0.3, 0.4) is 0 Å². The highest BCUT2D eigenvalue weighted by Gasteiger charge is 2.41. The second-order valence-electron chi connectivity index (χ2n) is 6.05. The summed E-state index contributed by atoms with van der Waals surface area (Å²) in [5.74, 6) is -2.82. The molecule has 5 nitrogen and oxygen atoms in total. The van der Waals surface area contributed by atoms with E-state index < -0.39 is 35.3 Å². The van der Waals surface area contributed by atoms with Crippen molar-refractivity contribution in [2.75, 3.05) is 20.1 Å². The summed E-state index contributed by atoms with van der Waals surface area (Å²) in [4.78, 5) is 36.1. The first-order valence-electron chi connectivity index (χ1n) is 7.93. The summed E-state index contributed by atoms with van der Waals surface area (Å²) in [6, 6.07) is 5.16. The molecule has 1 fully saturated rings. The summed E-state index contributed by atoms with van der Waals surface area (Å²) in [6.45, 7) is 0.382. The van der Waals surface area contributed by atoms with E-state index in [9.17, 15) is 27.6 Å². The maximum atomic E-state index is 12.6. The number of carbonyl (C=O) groups is 3. The predicted octanol–water partition coefficient (Wildman–Crippen LogP) is 1.80. The number of unbranched alkanes of at least 4 members (excludes halogenated alkanes) is 1. The minimum Gasteiger partial charge on any atom is -0.355 e. The number of likely N-dealkylation sites (N-methyl/N-ethyl adjacent to an activating group) is 1. The highest BCUT2D eigenvalue weighted by atomic mass is 19.4. The van der Waals surface area contributed by atoms with Crippen LogP contribution in [0.15, 0.2) is 24.3 Å². The second kappa shape index (κ2) is 7.67. The maximum absolute atomic E-state index is 12.6. The number of halogens is 3. The third-order valence-electron chi connectivity index (χ3n) is 4.09. The molecule has 0 bridgehead atoms. The average molecular weight is 356 g/mol. The number of nitrogens with one attached hydrogen (secondary N) is 1. The highest BCUT2D eigenvalue weighted by molar-refractivity contribution is 6.42. The molecule has 0 spiro atoms.